The van der Waals surface area contributed by atoms with Gasteiger partial charge in [-0.25, -0.2) is 0 Å². The van der Waals surface area contributed by atoms with E-state index in [9.17, 15) is 25.2 Å². The van der Waals surface area contributed by atoms with E-state index in [0.29, 0.717) is 5.75 Å². The van der Waals surface area contributed by atoms with Gasteiger partial charge in [0.25, 0.3) is 0 Å². The number of ether oxygens (including phenoxy) is 1. The summed E-state index contributed by atoms with van der Waals surface area (Å²) in [7, 11) is 1.39. The van der Waals surface area contributed by atoms with Crippen LogP contribution in [-0.2, 0) is 0 Å². The number of carbonyl (C=O) groups excluding carboxylic acids is 1. The van der Waals surface area contributed by atoms with Crippen molar-refractivity contribution in [3.8, 4) is 28.7 Å². The number of rotatable bonds is 3. The van der Waals surface area contributed by atoms with Crippen molar-refractivity contribution >= 4 is 5.78 Å². The molecule has 0 heterocycles. The molecule has 6 nitrogen and oxygen atoms in total. The smallest absolute Gasteiger partial charge is 0.200 e. The Hall–Kier alpha value is -2.89. The van der Waals surface area contributed by atoms with Crippen molar-refractivity contribution in [2.75, 3.05) is 7.11 Å². The molecule has 0 atom stereocenters. The average Bonchev–Trinajstić information content (AvgIpc) is 2.42. The van der Waals surface area contributed by atoms with E-state index < -0.39 is 23.0 Å². The number of ketones is 1. The van der Waals surface area contributed by atoms with Crippen LogP contribution in [0.1, 0.15) is 15.9 Å². The highest BCUT2D eigenvalue weighted by Gasteiger charge is 2.16. The highest BCUT2D eigenvalue weighted by Crippen LogP contribution is 2.36. The van der Waals surface area contributed by atoms with Crippen LogP contribution in [0.25, 0.3) is 0 Å². The van der Waals surface area contributed by atoms with Gasteiger partial charge in [0, 0.05) is 17.2 Å². The topological polar surface area (TPSA) is 107 Å². The minimum absolute atomic E-state index is 0.0366. The molecular formula is C14H12O6. The molecule has 4 N–H and O–H groups in total. The molecule has 0 spiro atoms. The third-order valence-corrected chi connectivity index (χ3v) is 2.72. The van der Waals surface area contributed by atoms with Crippen LogP contribution >= 0.6 is 0 Å². The quantitative estimate of drug-likeness (QED) is 0.502. The number of aromatic hydroxyl groups is 4. The maximum absolute atomic E-state index is 12.2. The molecule has 0 aromatic heterocycles. The van der Waals surface area contributed by atoms with Crippen LogP contribution in [0.3, 0.4) is 0 Å². The largest absolute Gasteiger partial charge is 0.508 e. The molecule has 0 aliphatic rings. The van der Waals surface area contributed by atoms with Crippen LogP contribution < -0.4 is 4.74 Å². The molecule has 6 heteroatoms. The summed E-state index contributed by atoms with van der Waals surface area (Å²) in [6, 6.07) is 6.01. The third-order valence-electron chi connectivity index (χ3n) is 2.72. The summed E-state index contributed by atoms with van der Waals surface area (Å²) in [5.74, 6) is -2.33. The standard InChI is InChI=1S/C14H12O6/c1-20-10-3-7(2-9(15)6-10)13(18)8-4-11(16)14(19)12(17)5-8/h2-6,15-17,19H,1H3. The van der Waals surface area contributed by atoms with Crippen molar-refractivity contribution in [1.82, 2.24) is 0 Å². The zero-order chi connectivity index (χ0) is 14.9. The Morgan fingerprint density at radius 3 is 2.00 bits per heavy atom. The number of benzene rings is 2. The molecule has 2 aromatic carbocycles. The summed E-state index contributed by atoms with van der Waals surface area (Å²) >= 11 is 0. The van der Waals surface area contributed by atoms with Gasteiger partial charge < -0.3 is 25.2 Å². The summed E-state index contributed by atoms with van der Waals surface area (Å²) in [5.41, 5.74) is 0.0804. The summed E-state index contributed by atoms with van der Waals surface area (Å²) < 4.78 is 4.94. The summed E-state index contributed by atoms with van der Waals surface area (Å²) in [5, 5.41) is 37.5. The molecule has 2 rings (SSSR count). The predicted octanol–water partition coefficient (Wildman–Crippen LogP) is 1.75. The molecule has 2 aromatic rings. The maximum Gasteiger partial charge on any atom is 0.200 e. The fourth-order valence-corrected chi connectivity index (χ4v) is 1.73. The molecule has 20 heavy (non-hydrogen) atoms. The Kier molecular flexibility index (Phi) is 3.39. The summed E-state index contributed by atoms with van der Waals surface area (Å²) in [6.07, 6.45) is 0. The Balaban J connectivity index is 2.48. The van der Waals surface area contributed by atoms with Gasteiger partial charge in [-0.05, 0) is 24.3 Å². The van der Waals surface area contributed by atoms with Crippen molar-refractivity contribution in [3.05, 3.63) is 41.5 Å². The normalized spacial score (nSPS) is 10.2. The number of hydrogen-bond donors (Lipinski definition) is 4. The van der Waals surface area contributed by atoms with Gasteiger partial charge in [-0.3, -0.25) is 4.79 Å². The first kappa shape index (κ1) is 13.5. The molecule has 104 valence electrons. The zero-order valence-electron chi connectivity index (χ0n) is 10.5. The summed E-state index contributed by atoms with van der Waals surface area (Å²) in [4.78, 5) is 12.2. The lowest BCUT2D eigenvalue weighted by Crippen LogP contribution is -2.01. The van der Waals surface area contributed by atoms with Crippen LogP contribution in [0.4, 0.5) is 0 Å². The van der Waals surface area contributed by atoms with Crippen molar-refractivity contribution in [2.24, 2.45) is 0 Å². The van der Waals surface area contributed by atoms with Gasteiger partial charge in [-0.2, -0.15) is 0 Å². The number of phenols is 4. The fraction of sp³-hybridized carbons (Fsp3) is 0.0714. The van der Waals surface area contributed by atoms with Crippen molar-refractivity contribution < 1.29 is 30.0 Å². The van der Waals surface area contributed by atoms with Crippen LogP contribution in [0.2, 0.25) is 0 Å². The lowest BCUT2D eigenvalue weighted by Gasteiger charge is -2.07. The zero-order valence-corrected chi connectivity index (χ0v) is 10.5. The van der Waals surface area contributed by atoms with Gasteiger partial charge in [0.2, 0.25) is 0 Å². The second-order valence-corrected chi connectivity index (χ2v) is 4.11. The molecule has 0 unspecified atom stereocenters. The molecule has 0 amide bonds. The van der Waals surface area contributed by atoms with E-state index in [1.165, 1.54) is 25.3 Å². The molecule has 0 aliphatic heterocycles. The number of hydrogen-bond acceptors (Lipinski definition) is 6. The minimum Gasteiger partial charge on any atom is -0.508 e. The third kappa shape index (κ3) is 2.44. The van der Waals surface area contributed by atoms with Crippen molar-refractivity contribution in [2.45, 2.75) is 0 Å². The van der Waals surface area contributed by atoms with E-state index >= 15 is 0 Å². The average molecular weight is 276 g/mol. The van der Waals surface area contributed by atoms with Gasteiger partial charge in [-0.15, -0.1) is 0 Å². The second-order valence-electron chi connectivity index (χ2n) is 4.11. The first-order valence-corrected chi connectivity index (χ1v) is 5.60. The monoisotopic (exact) mass is 276 g/mol. The molecule has 0 saturated heterocycles. The van der Waals surface area contributed by atoms with E-state index in [-0.39, 0.29) is 16.9 Å². The molecular weight excluding hydrogens is 264 g/mol. The van der Waals surface area contributed by atoms with E-state index in [1.54, 1.807) is 0 Å². The highest BCUT2D eigenvalue weighted by molar-refractivity contribution is 6.10. The van der Waals surface area contributed by atoms with E-state index in [4.69, 9.17) is 4.74 Å². The molecule has 0 radical (unpaired) electrons. The van der Waals surface area contributed by atoms with E-state index in [0.717, 1.165) is 12.1 Å². The second kappa shape index (κ2) is 5.00. The molecule has 0 fully saturated rings. The first-order valence-electron chi connectivity index (χ1n) is 5.60. The Bertz CT molecular complexity index is 654. The summed E-state index contributed by atoms with van der Waals surface area (Å²) in [6.45, 7) is 0. The van der Waals surface area contributed by atoms with Crippen LogP contribution in [0.5, 0.6) is 28.7 Å². The number of phenolic OH excluding ortho intramolecular Hbond substituents is 4. The number of carbonyl (C=O) groups is 1. The van der Waals surface area contributed by atoms with E-state index in [1.807, 2.05) is 0 Å². The van der Waals surface area contributed by atoms with E-state index in [2.05, 4.69) is 0 Å². The van der Waals surface area contributed by atoms with Crippen LogP contribution in [0.15, 0.2) is 30.3 Å². The minimum atomic E-state index is -0.699. The predicted molar refractivity (Wildman–Crippen MR) is 69.5 cm³/mol. The van der Waals surface area contributed by atoms with Crippen LogP contribution in [-0.4, -0.2) is 33.3 Å². The SMILES string of the molecule is COc1cc(O)cc(C(=O)c2cc(O)c(O)c(O)c2)c1. The maximum atomic E-state index is 12.2. The van der Waals surface area contributed by atoms with Gasteiger partial charge in [0.15, 0.2) is 23.0 Å². The molecule has 0 saturated carbocycles. The lowest BCUT2D eigenvalue weighted by molar-refractivity contribution is 0.103. The Labute approximate surface area is 114 Å². The van der Waals surface area contributed by atoms with Crippen LogP contribution in [0, 0.1) is 0 Å². The highest BCUT2D eigenvalue weighted by atomic mass is 16.5. The van der Waals surface area contributed by atoms with Gasteiger partial charge in [0.1, 0.15) is 11.5 Å². The Morgan fingerprint density at radius 1 is 0.900 bits per heavy atom. The fourth-order valence-electron chi connectivity index (χ4n) is 1.73. The van der Waals surface area contributed by atoms with Gasteiger partial charge in [-0.1, -0.05) is 0 Å². The van der Waals surface area contributed by atoms with Crippen molar-refractivity contribution in [1.29, 1.82) is 0 Å². The van der Waals surface area contributed by atoms with Crippen molar-refractivity contribution in [3.63, 3.8) is 0 Å². The molecule has 0 bridgehead atoms. The number of methoxy groups -OCH3 is 1. The molecule has 0 aliphatic carbocycles. The van der Waals surface area contributed by atoms with Gasteiger partial charge in [0.05, 0.1) is 7.11 Å². The first-order chi connectivity index (χ1) is 9.42. The van der Waals surface area contributed by atoms with Gasteiger partial charge >= 0.3 is 0 Å². The Morgan fingerprint density at radius 2 is 1.45 bits per heavy atom. The lowest BCUT2D eigenvalue weighted by atomic mass is 10.0.